The van der Waals surface area contributed by atoms with Gasteiger partial charge in [-0.2, -0.15) is 0 Å². The first-order valence-corrected chi connectivity index (χ1v) is 9.82. The predicted molar refractivity (Wildman–Crippen MR) is 109 cm³/mol. The van der Waals surface area contributed by atoms with Crippen molar-refractivity contribution in [2.75, 3.05) is 26.9 Å². The zero-order valence-corrected chi connectivity index (χ0v) is 16.8. The number of benzene rings is 2. The molecule has 158 valence electrons. The Kier molecular flexibility index (Phi) is 7.19. The molecule has 2 aromatic carbocycles. The minimum atomic E-state index is -0.973. The van der Waals surface area contributed by atoms with Crippen molar-refractivity contribution in [3.8, 4) is 11.1 Å². The molecule has 1 aliphatic rings. The maximum Gasteiger partial charge on any atom is 0.310 e. The second-order valence-corrected chi connectivity index (χ2v) is 7.05. The number of ether oxygens (including phenoxy) is 3. The Balaban J connectivity index is 1.66. The lowest BCUT2D eigenvalue weighted by Gasteiger charge is -2.17. The summed E-state index contributed by atoms with van der Waals surface area (Å²) >= 11 is 0. The van der Waals surface area contributed by atoms with E-state index in [2.05, 4.69) is 16.9 Å². The maximum absolute atomic E-state index is 12.5. The number of hydrogen-bond donors (Lipinski definition) is 1. The molecule has 0 radical (unpaired) electrons. The molecule has 0 amide bonds. The molecular weight excluding hydrogens is 386 g/mol. The van der Waals surface area contributed by atoms with Gasteiger partial charge in [0.2, 0.25) is 0 Å². The third-order valence-electron chi connectivity index (χ3n) is 5.12. The van der Waals surface area contributed by atoms with Gasteiger partial charge in [-0.1, -0.05) is 48.5 Å². The van der Waals surface area contributed by atoms with Crippen LogP contribution in [0.15, 0.2) is 48.5 Å². The molecule has 1 atom stereocenters. The highest BCUT2D eigenvalue weighted by Gasteiger charge is 2.31. The predicted octanol–water partition coefficient (Wildman–Crippen LogP) is 2.41. The summed E-state index contributed by atoms with van der Waals surface area (Å²) in [5, 5.41) is 0. The highest BCUT2D eigenvalue weighted by molar-refractivity contribution is 5.84. The summed E-state index contributed by atoms with van der Waals surface area (Å²) in [5.41, 5.74) is 9.79. The molecule has 0 saturated carbocycles. The average Bonchev–Trinajstić information content (AvgIpc) is 3.09. The van der Waals surface area contributed by atoms with Crippen LogP contribution in [0, 0.1) is 5.92 Å². The molecule has 0 heterocycles. The van der Waals surface area contributed by atoms with Gasteiger partial charge in [0.15, 0.2) is 0 Å². The maximum atomic E-state index is 12.5. The first kappa shape index (κ1) is 21.5. The highest BCUT2D eigenvalue weighted by Crippen LogP contribution is 2.44. The minimum absolute atomic E-state index is 0.0151. The molecule has 7 nitrogen and oxygen atoms in total. The minimum Gasteiger partial charge on any atom is -0.469 e. The zero-order chi connectivity index (χ0) is 21.5. The van der Waals surface area contributed by atoms with Gasteiger partial charge in [0.05, 0.1) is 25.9 Å². The van der Waals surface area contributed by atoms with Gasteiger partial charge in [-0.3, -0.25) is 14.4 Å². The van der Waals surface area contributed by atoms with Crippen LogP contribution in [-0.4, -0.2) is 44.8 Å². The molecule has 0 unspecified atom stereocenters. The molecule has 2 N–H and O–H groups in total. The topological polar surface area (TPSA) is 105 Å². The summed E-state index contributed by atoms with van der Waals surface area (Å²) in [6, 6.07) is 16.0. The number of esters is 3. The van der Waals surface area contributed by atoms with Crippen molar-refractivity contribution in [3.05, 3.63) is 59.7 Å². The molecule has 0 bridgehead atoms. The smallest absolute Gasteiger partial charge is 0.310 e. The Morgan fingerprint density at radius 3 is 2.03 bits per heavy atom. The quantitative estimate of drug-likeness (QED) is 0.499. The van der Waals surface area contributed by atoms with E-state index in [0.29, 0.717) is 0 Å². The Labute approximate surface area is 175 Å². The van der Waals surface area contributed by atoms with E-state index in [9.17, 15) is 14.4 Å². The largest absolute Gasteiger partial charge is 0.469 e. The van der Waals surface area contributed by atoms with Gasteiger partial charge in [-0.25, -0.2) is 0 Å². The fourth-order valence-corrected chi connectivity index (χ4v) is 3.68. The number of carbonyl (C=O) groups is 3. The number of hydrogen-bond acceptors (Lipinski definition) is 7. The van der Waals surface area contributed by atoms with Crippen LogP contribution >= 0.6 is 0 Å². The van der Waals surface area contributed by atoms with E-state index in [4.69, 9.17) is 15.2 Å². The lowest BCUT2D eigenvalue weighted by molar-refractivity contribution is -0.158. The van der Waals surface area contributed by atoms with Gasteiger partial charge in [-0.05, 0) is 22.3 Å². The number of nitrogens with two attached hydrogens (primary N) is 1. The van der Waals surface area contributed by atoms with Gasteiger partial charge >= 0.3 is 17.9 Å². The van der Waals surface area contributed by atoms with Crippen molar-refractivity contribution < 1.29 is 28.6 Å². The third kappa shape index (κ3) is 4.86. The zero-order valence-electron chi connectivity index (χ0n) is 16.8. The third-order valence-corrected chi connectivity index (χ3v) is 5.12. The monoisotopic (exact) mass is 411 g/mol. The van der Waals surface area contributed by atoms with E-state index >= 15 is 0 Å². The van der Waals surface area contributed by atoms with Crippen LogP contribution in [0.4, 0.5) is 0 Å². The number of carbonyl (C=O) groups excluding carboxylic acids is 3. The summed E-state index contributed by atoms with van der Waals surface area (Å²) < 4.78 is 15.1. The van der Waals surface area contributed by atoms with E-state index in [0.717, 1.165) is 22.3 Å². The first-order valence-electron chi connectivity index (χ1n) is 9.82. The second-order valence-electron chi connectivity index (χ2n) is 7.05. The summed E-state index contributed by atoms with van der Waals surface area (Å²) in [5.74, 6) is -2.89. The fraction of sp³-hybridized carbons (Fsp3) is 0.348. The number of rotatable bonds is 9. The molecule has 0 aromatic heterocycles. The van der Waals surface area contributed by atoms with Gasteiger partial charge in [0, 0.05) is 12.5 Å². The Bertz CT molecular complexity index is 880. The Hall–Kier alpha value is -3.19. The molecule has 7 heteroatoms. The first-order chi connectivity index (χ1) is 14.5. The Morgan fingerprint density at radius 1 is 0.900 bits per heavy atom. The molecule has 0 fully saturated rings. The van der Waals surface area contributed by atoms with Crippen LogP contribution in [0.2, 0.25) is 0 Å². The van der Waals surface area contributed by atoms with Crippen LogP contribution in [0.5, 0.6) is 0 Å². The van der Waals surface area contributed by atoms with Crippen molar-refractivity contribution >= 4 is 17.9 Å². The standard InChI is InChI=1S/C23H25NO6/c1-28-21(25)12-15(23(27)29-11-10-24)13-22(26)30-14-20-18-8-4-2-6-16(18)17-7-3-5-9-19(17)20/h2-9,15,20H,10-14,24H2,1H3/t15-/m1/s1. The van der Waals surface area contributed by atoms with Gasteiger partial charge < -0.3 is 19.9 Å². The van der Waals surface area contributed by atoms with Gasteiger partial charge in [0.1, 0.15) is 13.2 Å². The summed E-state index contributed by atoms with van der Waals surface area (Å²) in [7, 11) is 1.22. The van der Waals surface area contributed by atoms with Crippen LogP contribution in [-0.2, 0) is 28.6 Å². The molecule has 3 rings (SSSR count). The van der Waals surface area contributed by atoms with Crippen molar-refractivity contribution in [2.24, 2.45) is 11.7 Å². The molecule has 30 heavy (non-hydrogen) atoms. The normalized spacial score (nSPS) is 13.1. The summed E-state index contributed by atoms with van der Waals surface area (Å²) in [6.07, 6.45) is -0.529. The summed E-state index contributed by atoms with van der Waals surface area (Å²) in [6.45, 7) is 0.318. The number of methoxy groups -OCH3 is 1. The van der Waals surface area contributed by atoms with Crippen LogP contribution in [0.1, 0.15) is 29.9 Å². The van der Waals surface area contributed by atoms with E-state index in [-0.39, 0.29) is 38.5 Å². The van der Waals surface area contributed by atoms with Gasteiger partial charge in [-0.15, -0.1) is 0 Å². The van der Waals surface area contributed by atoms with E-state index < -0.39 is 23.8 Å². The lowest BCUT2D eigenvalue weighted by Crippen LogP contribution is -2.27. The van der Waals surface area contributed by atoms with Crippen LogP contribution in [0.25, 0.3) is 11.1 Å². The Morgan fingerprint density at radius 2 is 1.47 bits per heavy atom. The van der Waals surface area contributed by atoms with Crippen LogP contribution < -0.4 is 5.73 Å². The van der Waals surface area contributed by atoms with E-state index in [1.807, 2.05) is 36.4 Å². The van der Waals surface area contributed by atoms with Crippen molar-refractivity contribution in [1.29, 1.82) is 0 Å². The van der Waals surface area contributed by atoms with Crippen LogP contribution in [0.3, 0.4) is 0 Å². The van der Waals surface area contributed by atoms with E-state index in [1.54, 1.807) is 0 Å². The molecular formula is C23H25NO6. The fourth-order valence-electron chi connectivity index (χ4n) is 3.68. The number of fused-ring (bicyclic) bond motifs is 3. The van der Waals surface area contributed by atoms with Crippen molar-refractivity contribution in [2.45, 2.75) is 18.8 Å². The molecule has 0 spiro atoms. The molecule has 1 aliphatic carbocycles. The molecule has 0 saturated heterocycles. The molecule has 2 aromatic rings. The second kappa shape index (κ2) is 10.0. The summed E-state index contributed by atoms with van der Waals surface area (Å²) in [4.78, 5) is 36.3. The van der Waals surface area contributed by atoms with E-state index in [1.165, 1.54) is 7.11 Å². The van der Waals surface area contributed by atoms with Crippen molar-refractivity contribution in [3.63, 3.8) is 0 Å². The lowest BCUT2D eigenvalue weighted by atomic mass is 9.98. The van der Waals surface area contributed by atoms with Gasteiger partial charge in [0.25, 0.3) is 0 Å². The highest BCUT2D eigenvalue weighted by atomic mass is 16.5. The SMILES string of the molecule is COC(=O)C[C@H](CC(=O)OCC1c2ccccc2-c2ccccc21)C(=O)OCCN. The van der Waals surface area contributed by atoms with Crippen molar-refractivity contribution in [1.82, 2.24) is 0 Å². The molecule has 0 aliphatic heterocycles. The average molecular weight is 411 g/mol.